The van der Waals surface area contributed by atoms with Gasteiger partial charge >= 0.3 is 0 Å². The van der Waals surface area contributed by atoms with E-state index in [9.17, 15) is 4.39 Å². The van der Waals surface area contributed by atoms with E-state index in [1.165, 1.54) is 20.3 Å². The molecule has 112 valence electrons. The van der Waals surface area contributed by atoms with Gasteiger partial charge in [-0.05, 0) is 18.2 Å². The van der Waals surface area contributed by atoms with Gasteiger partial charge in [-0.15, -0.1) is 0 Å². The maximum Gasteiger partial charge on any atom is 0.132 e. The first kappa shape index (κ1) is 15.6. The number of benzene rings is 2. The van der Waals surface area contributed by atoms with Gasteiger partial charge in [-0.3, -0.25) is 5.84 Å². The summed E-state index contributed by atoms with van der Waals surface area (Å²) in [5, 5.41) is 0.529. The van der Waals surface area contributed by atoms with Gasteiger partial charge in [0.1, 0.15) is 17.3 Å². The maximum absolute atomic E-state index is 14.2. The number of nitrogens with one attached hydrogen (secondary N) is 1. The molecule has 0 fully saturated rings. The third-order valence-electron chi connectivity index (χ3n) is 3.19. The molecule has 4 nitrogen and oxygen atoms in total. The van der Waals surface area contributed by atoms with Crippen LogP contribution in [0.25, 0.3) is 0 Å². The predicted molar refractivity (Wildman–Crippen MR) is 80.1 cm³/mol. The van der Waals surface area contributed by atoms with E-state index in [-0.39, 0.29) is 0 Å². The van der Waals surface area contributed by atoms with E-state index in [1.54, 1.807) is 30.3 Å². The first-order valence-electron chi connectivity index (χ1n) is 6.23. The van der Waals surface area contributed by atoms with Crippen molar-refractivity contribution < 1.29 is 13.9 Å². The van der Waals surface area contributed by atoms with Gasteiger partial charge in [-0.2, -0.15) is 0 Å². The second-order valence-corrected chi connectivity index (χ2v) is 4.81. The van der Waals surface area contributed by atoms with Crippen LogP contribution in [0.3, 0.4) is 0 Å². The summed E-state index contributed by atoms with van der Waals surface area (Å²) in [5.41, 5.74) is 3.68. The van der Waals surface area contributed by atoms with Gasteiger partial charge in [0.05, 0.1) is 20.3 Å². The fraction of sp³-hybridized carbons (Fsp3) is 0.200. The van der Waals surface area contributed by atoms with Crippen molar-refractivity contribution >= 4 is 11.6 Å². The van der Waals surface area contributed by atoms with Crippen LogP contribution >= 0.6 is 11.6 Å². The Morgan fingerprint density at radius 1 is 1.10 bits per heavy atom. The Hall–Kier alpha value is -1.82. The molecule has 21 heavy (non-hydrogen) atoms. The van der Waals surface area contributed by atoms with Gasteiger partial charge in [-0.1, -0.05) is 23.7 Å². The van der Waals surface area contributed by atoms with Crippen LogP contribution in [0.15, 0.2) is 36.4 Å². The van der Waals surface area contributed by atoms with E-state index in [0.29, 0.717) is 27.6 Å². The first-order valence-corrected chi connectivity index (χ1v) is 6.61. The molecule has 0 spiro atoms. The molecule has 0 aliphatic carbocycles. The SMILES string of the molecule is COc1ccc(C(NN)c2ccc(Cl)cc2OC)c(F)c1. The number of ether oxygens (including phenoxy) is 2. The van der Waals surface area contributed by atoms with E-state index in [0.717, 1.165) is 0 Å². The molecule has 0 saturated heterocycles. The van der Waals surface area contributed by atoms with Crippen molar-refractivity contribution in [1.29, 1.82) is 0 Å². The smallest absolute Gasteiger partial charge is 0.132 e. The largest absolute Gasteiger partial charge is 0.497 e. The molecule has 0 aliphatic rings. The number of rotatable bonds is 5. The summed E-state index contributed by atoms with van der Waals surface area (Å²) in [6.45, 7) is 0. The molecule has 0 bridgehead atoms. The highest BCUT2D eigenvalue weighted by Gasteiger charge is 2.21. The zero-order valence-corrected chi connectivity index (χ0v) is 12.4. The van der Waals surface area contributed by atoms with Gasteiger partial charge in [-0.25, -0.2) is 9.82 Å². The second kappa shape index (κ2) is 6.76. The van der Waals surface area contributed by atoms with Crippen LogP contribution in [0, 0.1) is 5.82 Å². The summed E-state index contributed by atoms with van der Waals surface area (Å²) in [5.74, 6) is 6.15. The minimum atomic E-state index is -0.567. The van der Waals surface area contributed by atoms with Crippen molar-refractivity contribution in [2.75, 3.05) is 14.2 Å². The van der Waals surface area contributed by atoms with E-state index < -0.39 is 11.9 Å². The molecule has 1 atom stereocenters. The highest BCUT2D eigenvalue weighted by molar-refractivity contribution is 6.30. The van der Waals surface area contributed by atoms with E-state index in [4.69, 9.17) is 26.9 Å². The van der Waals surface area contributed by atoms with Gasteiger partial charge in [0, 0.05) is 22.2 Å². The number of nitrogens with two attached hydrogens (primary N) is 1. The Kier molecular flexibility index (Phi) is 5.01. The van der Waals surface area contributed by atoms with Crippen molar-refractivity contribution in [3.8, 4) is 11.5 Å². The minimum Gasteiger partial charge on any atom is -0.497 e. The van der Waals surface area contributed by atoms with Crippen molar-refractivity contribution in [3.63, 3.8) is 0 Å². The van der Waals surface area contributed by atoms with E-state index >= 15 is 0 Å². The van der Waals surface area contributed by atoms with E-state index in [2.05, 4.69) is 5.43 Å². The molecule has 0 saturated carbocycles. The van der Waals surface area contributed by atoms with Crippen molar-refractivity contribution in [2.24, 2.45) is 5.84 Å². The average molecular weight is 311 g/mol. The van der Waals surface area contributed by atoms with E-state index in [1.807, 2.05) is 0 Å². The lowest BCUT2D eigenvalue weighted by Gasteiger charge is -2.20. The van der Waals surface area contributed by atoms with Crippen LogP contribution in [-0.4, -0.2) is 14.2 Å². The lowest BCUT2D eigenvalue weighted by atomic mass is 9.97. The van der Waals surface area contributed by atoms with Crippen molar-refractivity contribution in [3.05, 3.63) is 58.4 Å². The molecule has 2 rings (SSSR count). The van der Waals surface area contributed by atoms with Gasteiger partial charge in [0.2, 0.25) is 0 Å². The number of methoxy groups -OCH3 is 2. The Morgan fingerprint density at radius 2 is 1.81 bits per heavy atom. The Balaban J connectivity index is 2.49. The molecule has 0 aliphatic heterocycles. The van der Waals surface area contributed by atoms with Crippen LogP contribution < -0.4 is 20.7 Å². The van der Waals surface area contributed by atoms with Gasteiger partial charge < -0.3 is 9.47 Å². The highest BCUT2D eigenvalue weighted by atomic mass is 35.5. The van der Waals surface area contributed by atoms with Crippen LogP contribution in [0.2, 0.25) is 5.02 Å². The molecule has 3 N–H and O–H groups in total. The molecule has 1 unspecified atom stereocenters. The fourth-order valence-corrected chi connectivity index (χ4v) is 2.30. The maximum atomic E-state index is 14.2. The third-order valence-corrected chi connectivity index (χ3v) is 3.43. The first-order chi connectivity index (χ1) is 10.1. The topological polar surface area (TPSA) is 56.5 Å². The Labute approximate surface area is 127 Å². The summed E-state index contributed by atoms with van der Waals surface area (Å²) in [6, 6.07) is 9.13. The summed E-state index contributed by atoms with van der Waals surface area (Å²) >= 11 is 5.94. The standard InChI is InChI=1S/C15H16ClFN2O2/c1-20-10-4-6-11(13(17)8-10)15(19-18)12-5-3-9(16)7-14(12)21-2/h3-8,15,19H,18H2,1-2H3. The molecule has 0 amide bonds. The summed E-state index contributed by atoms with van der Waals surface area (Å²) in [4.78, 5) is 0. The Morgan fingerprint density at radius 3 is 2.38 bits per heavy atom. The third kappa shape index (κ3) is 3.26. The number of halogens is 2. The molecule has 2 aromatic carbocycles. The van der Waals surface area contributed by atoms with Crippen LogP contribution in [0.4, 0.5) is 4.39 Å². The summed E-state index contributed by atoms with van der Waals surface area (Å²) in [6.07, 6.45) is 0. The zero-order chi connectivity index (χ0) is 15.4. The average Bonchev–Trinajstić information content (AvgIpc) is 2.50. The quantitative estimate of drug-likeness (QED) is 0.658. The highest BCUT2D eigenvalue weighted by Crippen LogP contribution is 2.33. The fourth-order valence-electron chi connectivity index (χ4n) is 2.14. The molecule has 0 radical (unpaired) electrons. The van der Waals surface area contributed by atoms with Crippen LogP contribution in [-0.2, 0) is 0 Å². The molecular formula is C15H16ClFN2O2. The summed E-state index contributed by atoms with van der Waals surface area (Å²) in [7, 11) is 3.00. The molecular weight excluding hydrogens is 295 g/mol. The molecule has 0 aromatic heterocycles. The second-order valence-electron chi connectivity index (χ2n) is 4.37. The lowest BCUT2D eigenvalue weighted by Crippen LogP contribution is -2.29. The van der Waals surface area contributed by atoms with Gasteiger partial charge in [0.25, 0.3) is 0 Å². The number of hydrogen-bond acceptors (Lipinski definition) is 4. The number of hydrogen-bond donors (Lipinski definition) is 2. The minimum absolute atomic E-state index is 0.388. The van der Waals surface area contributed by atoms with Crippen LogP contribution in [0.1, 0.15) is 17.2 Å². The lowest BCUT2D eigenvalue weighted by molar-refractivity contribution is 0.401. The molecule has 0 heterocycles. The molecule has 6 heteroatoms. The van der Waals surface area contributed by atoms with Crippen molar-refractivity contribution in [2.45, 2.75) is 6.04 Å². The zero-order valence-electron chi connectivity index (χ0n) is 11.7. The summed E-state index contributed by atoms with van der Waals surface area (Å²) < 4.78 is 24.5. The number of hydrazine groups is 1. The van der Waals surface area contributed by atoms with Gasteiger partial charge in [0.15, 0.2) is 0 Å². The molecule has 2 aromatic rings. The van der Waals surface area contributed by atoms with Crippen molar-refractivity contribution in [1.82, 2.24) is 5.43 Å². The predicted octanol–water partition coefficient (Wildman–Crippen LogP) is 3.05. The Bertz CT molecular complexity index is 637. The monoisotopic (exact) mass is 310 g/mol. The van der Waals surface area contributed by atoms with Crippen LogP contribution in [0.5, 0.6) is 11.5 Å². The normalized spacial score (nSPS) is 12.0.